The number of hydrogen-bond donors (Lipinski definition) is 1. The predicted octanol–water partition coefficient (Wildman–Crippen LogP) is 3.73. The molecule has 0 radical (unpaired) electrons. The van der Waals surface area contributed by atoms with Crippen LogP contribution in [0.5, 0.6) is 0 Å². The highest BCUT2D eigenvalue weighted by molar-refractivity contribution is 7.99. The molecule has 3 rings (SSSR count). The van der Waals surface area contributed by atoms with Crippen molar-refractivity contribution in [1.29, 1.82) is 0 Å². The highest BCUT2D eigenvalue weighted by Gasteiger charge is 2.25. The molecule has 0 spiro atoms. The molecule has 1 N–H and O–H groups in total. The first-order chi connectivity index (χ1) is 9.56. The first kappa shape index (κ1) is 13.7. The predicted molar refractivity (Wildman–Crippen MR) is 75.9 cm³/mol. The van der Waals surface area contributed by atoms with Gasteiger partial charge in [-0.1, -0.05) is 23.4 Å². The minimum Gasteiger partial charge on any atom is -0.481 e. The van der Waals surface area contributed by atoms with Gasteiger partial charge < -0.3 is 9.67 Å². The van der Waals surface area contributed by atoms with Crippen molar-refractivity contribution in [2.75, 3.05) is 5.75 Å². The Morgan fingerprint density at radius 1 is 1.55 bits per heavy atom. The summed E-state index contributed by atoms with van der Waals surface area (Å²) < 4.78 is 15.6. The second-order valence-electron chi connectivity index (χ2n) is 4.79. The van der Waals surface area contributed by atoms with Crippen LogP contribution in [0, 0.1) is 5.82 Å². The van der Waals surface area contributed by atoms with Crippen LogP contribution in [-0.4, -0.2) is 26.4 Å². The van der Waals surface area contributed by atoms with E-state index >= 15 is 0 Å². The van der Waals surface area contributed by atoms with Gasteiger partial charge in [0.05, 0.1) is 21.8 Å². The molecule has 1 fully saturated rings. The molecule has 1 heterocycles. The molecule has 0 unspecified atom stereocenters. The minimum atomic E-state index is -0.897. The van der Waals surface area contributed by atoms with Gasteiger partial charge in [-0.3, -0.25) is 4.79 Å². The van der Waals surface area contributed by atoms with Gasteiger partial charge in [0.2, 0.25) is 0 Å². The molecule has 1 aliphatic carbocycles. The maximum atomic E-state index is 13.7. The monoisotopic (exact) mass is 314 g/mol. The number of rotatable bonds is 4. The summed E-state index contributed by atoms with van der Waals surface area (Å²) in [4.78, 5) is 15.1. The summed E-state index contributed by atoms with van der Waals surface area (Å²) in [5.74, 6) is -1.44. The molecule has 0 atom stereocenters. The summed E-state index contributed by atoms with van der Waals surface area (Å²) in [7, 11) is 0. The third-order valence-electron chi connectivity index (χ3n) is 3.46. The molecular weight excluding hydrogens is 303 g/mol. The quantitative estimate of drug-likeness (QED) is 0.874. The summed E-state index contributed by atoms with van der Waals surface area (Å²) in [6.07, 6.45) is 3.15. The van der Waals surface area contributed by atoms with Crippen molar-refractivity contribution in [3.8, 4) is 0 Å². The van der Waals surface area contributed by atoms with Crippen LogP contribution in [0.2, 0.25) is 5.02 Å². The molecule has 0 bridgehead atoms. The van der Waals surface area contributed by atoms with Gasteiger partial charge in [0, 0.05) is 12.1 Å². The first-order valence-electron chi connectivity index (χ1n) is 6.28. The van der Waals surface area contributed by atoms with Gasteiger partial charge in [0.25, 0.3) is 0 Å². The highest BCUT2D eigenvalue weighted by Crippen LogP contribution is 2.39. The minimum absolute atomic E-state index is 0.0329. The Hall–Kier alpha value is -1.27. The van der Waals surface area contributed by atoms with Crippen LogP contribution in [0.15, 0.2) is 17.3 Å². The number of carbonyl (C=O) groups is 1. The van der Waals surface area contributed by atoms with Crippen LogP contribution >= 0.6 is 23.4 Å². The van der Waals surface area contributed by atoms with E-state index in [1.165, 1.54) is 12.1 Å². The third kappa shape index (κ3) is 2.38. The van der Waals surface area contributed by atoms with Crippen LogP contribution < -0.4 is 0 Å². The lowest BCUT2D eigenvalue weighted by atomic mass is 9.93. The van der Waals surface area contributed by atoms with E-state index in [4.69, 9.17) is 16.7 Å². The van der Waals surface area contributed by atoms with Crippen LogP contribution in [0.3, 0.4) is 0 Å². The molecule has 7 heteroatoms. The van der Waals surface area contributed by atoms with E-state index in [1.807, 2.05) is 4.57 Å². The SMILES string of the molecule is O=C(O)CSc1nc2cc(Cl)c(F)cc2n1C1CCC1. The Kier molecular flexibility index (Phi) is 3.60. The van der Waals surface area contributed by atoms with Crippen LogP contribution in [0.4, 0.5) is 4.39 Å². The summed E-state index contributed by atoms with van der Waals surface area (Å²) in [5.41, 5.74) is 1.29. The van der Waals surface area contributed by atoms with Crippen molar-refractivity contribution >= 4 is 40.4 Å². The van der Waals surface area contributed by atoms with Gasteiger partial charge in [-0.15, -0.1) is 0 Å². The molecule has 20 heavy (non-hydrogen) atoms. The van der Waals surface area contributed by atoms with E-state index < -0.39 is 11.8 Å². The smallest absolute Gasteiger partial charge is 0.313 e. The molecule has 0 aliphatic heterocycles. The van der Waals surface area contributed by atoms with Gasteiger partial charge in [-0.05, 0) is 25.3 Å². The van der Waals surface area contributed by atoms with E-state index in [0.29, 0.717) is 16.2 Å². The number of aliphatic carboxylic acids is 1. The molecule has 0 saturated heterocycles. The summed E-state index contributed by atoms with van der Waals surface area (Å²) in [6, 6.07) is 3.15. The fraction of sp³-hybridized carbons (Fsp3) is 0.385. The Morgan fingerprint density at radius 2 is 2.30 bits per heavy atom. The van der Waals surface area contributed by atoms with Gasteiger partial charge in [-0.2, -0.15) is 0 Å². The van der Waals surface area contributed by atoms with E-state index in [2.05, 4.69) is 4.98 Å². The lowest BCUT2D eigenvalue weighted by molar-refractivity contribution is -0.133. The molecule has 1 aromatic carbocycles. The van der Waals surface area contributed by atoms with Gasteiger partial charge >= 0.3 is 5.97 Å². The van der Waals surface area contributed by atoms with E-state index in [-0.39, 0.29) is 16.8 Å². The van der Waals surface area contributed by atoms with Crippen LogP contribution in [0.25, 0.3) is 11.0 Å². The van der Waals surface area contributed by atoms with E-state index in [0.717, 1.165) is 31.0 Å². The zero-order chi connectivity index (χ0) is 14.3. The molecule has 1 aliphatic rings. The molecular formula is C13H12ClFN2O2S. The van der Waals surface area contributed by atoms with Crippen molar-refractivity contribution in [1.82, 2.24) is 9.55 Å². The second kappa shape index (κ2) is 5.26. The Labute approximate surface area is 123 Å². The topological polar surface area (TPSA) is 55.1 Å². The molecule has 4 nitrogen and oxygen atoms in total. The molecule has 0 amide bonds. The zero-order valence-corrected chi connectivity index (χ0v) is 12.0. The number of carboxylic acids is 1. The lowest BCUT2D eigenvalue weighted by Crippen LogP contribution is -2.18. The highest BCUT2D eigenvalue weighted by atomic mass is 35.5. The number of aromatic nitrogens is 2. The average molecular weight is 315 g/mol. The van der Waals surface area contributed by atoms with Crippen molar-refractivity contribution < 1.29 is 14.3 Å². The Morgan fingerprint density at radius 3 is 2.90 bits per heavy atom. The number of fused-ring (bicyclic) bond motifs is 1. The van der Waals surface area contributed by atoms with Crippen molar-refractivity contribution in [2.45, 2.75) is 30.5 Å². The maximum Gasteiger partial charge on any atom is 0.313 e. The van der Waals surface area contributed by atoms with Gasteiger partial charge in [0.1, 0.15) is 5.82 Å². The molecule has 1 aromatic heterocycles. The Bertz CT molecular complexity index is 685. The van der Waals surface area contributed by atoms with Crippen molar-refractivity contribution in [3.63, 3.8) is 0 Å². The van der Waals surface area contributed by atoms with Crippen molar-refractivity contribution in [2.24, 2.45) is 0 Å². The number of halogens is 2. The molecule has 2 aromatic rings. The maximum absolute atomic E-state index is 13.7. The number of thioether (sulfide) groups is 1. The lowest BCUT2D eigenvalue weighted by Gasteiger charge is -2.28. The van der Waals surface area contributed by atoms with Crippen LogP contribution in [0.1, 0.15) is 25.3 Å². The zero-order valence-electron chi connectivity index (χ0n) is 10.5. The number of nitrogens with zero attached hydrogens (tertiary/aromatic N) is 2. The molecule has 106 valence electrons. The van der Waals surface area contributed by atoms with E-state index in [9.17, 15) is 9.18 Å². The number of hydrogen-bond acceptors (Lipinski definition) is 3. The largest absolute Gasteiger partial charge is 0.481 e. The van der Waals surface area contributed by atoms with Crippen LogP contribution in [-0.2, 0) is 4.79 Å². The third-order valence-corrected chi connectivity index (χ3v) is 4.69. The van der Waals surface area contributed by atoms with E-state index in [1.54, 1.807) is 0 Å². The number of imidazole rings is 1. The average Bonchev–Trinajstić information content (AvgIpc) is 2.64. The summed E-state index contributed by atoms with van der Waals surface area (Å²) >= 11 is 6.94. The first-order valence-corrected chi connectivity index (χ1v) is 7.64. The van der Waals surface area contributed by atoms with Crippen molar-refractivity contribution in [3.05, 3.63) is 23.0 Å². The number of benzene rings is 1. The van der Waals surface area contributed by atoms with Gasteiger partial charge in [-0.25, -0.2) is 9.37 Å². The normalized spacial score (nSPS) is 15.5. The second-order valence-corrected chi connectivity index (χ2v) is 6.14. The van der Waals surface area contributed by atoms with Gasteiger partial charge in [0.15, 0.2) is 5.16 Å². The fourth-order valence-corrected chi connectivity index (χ4v) is 3.25. The number of carboxylic acid groups (broad SMARTS) is 1. The molecule has 1 saturated carbocycles. The summed E-state index contributed by atoms with van der Waals surface area (Å²) in [5, 5.41) is 9.45. The Balaban J connectivity index is 2.09. The fourth-order valence-electron chi connectivity index (χ4n) is 2.29. The summed E-state index contributed by atoms with van der Waals surface area (Å²) in [6.45, 7) is 0. The standard InChI is InChI=1S/C13H12ClFN2O2S/c14-8-4-10-11(5-9(8)15)17(7-2-1-3-7)13(16-10)20-6-12(18)19/h4-5,7H,1-3,6H2,(H,18,19).